The zero-order chi connectivity index (χ0) is 19.0. The molecule has 7 heteroatoms. The summed E-state index contributed by atoms with van der Waals surface area (Å²) >= 11 is 12.0. The Labute approximate surface area is 166 Å². The second kappa shape index (κ2) is 7.52. The van der Waals surface area contributed by atoms with Crippen LogP contribution in [0.4, 0.5) is 0 Å². The average Bonchev–Trinajstić information content (AvgIpc) is 2.97. The van der Waals surface area contributed by atoms with E-state index in [1.807, 2.05) is 0 Å². The van der Waals surface area contributed by atoms with Crippen molar-refractivity contribution in [2.75, 3.05) is 26.3 Å². The Kier molecular flexibility index (Phi) is 5.10. The van der Waals surface area contributed by atoms with Crippen molar-refractivity contribution in [1.29, 1.82) is 0 Å². The molecule has 0 radical (unpaired) electrons. The van der Waals surface area contributed by atoms with E-state index in [-0.39, 0.29) is 17.3 Å². The summed E-state index contributed by atoms with van der Waals surface area (Å²) in [5.74, 6) is 0.190. The largest absolute Gasteiger partial charge is 0.872 e. The van der Waals surface area contributed by atoms with E-state index in [9.17, 15) is 9.90 Å². The van der Waals surface area contributed by atoms with Crippen molar-refractivity contribution >= 4 is 35.1 Å². The Morgan fingerprint density at radius 2 is 1.89 bits per heavy atom. The minimum Gasteiger partial charge on any atom is -0.872 e. The van der Waals surface area contributed by atoms with Crippen molar-refractivity contribution in [1.82, 2.24) is 0 Å². The van der Waals surface area contributed by atoms with Gasteiger partial charge in [0.15, 0.2) is 5.76 Å². The highest BCUT2D eigenvalue weighted by atomic mass is 35.5. The molecule has 140 valence electrons. The van der Waals surface area contributed by atoms with E-state index in [1.54, 1.807) is 24.3 Å². The summed E-state index contributed by atoms with van der Waals surface area (Å²) < 4.78 is 11.2. The lowest BCUT2D eigenvalue weighted by Crippen LogP contribution is -3.12. The van der Waals surface area contributed by atoms with Crippen LogP contribution in [0, 0.1) is 0 Å². The number of hydrogen-bond acceptors (Lipinski definition) is 4. The van der Waals surface area contributed by atoms with Crippen LogP contribution in [-0.2, 0) is 11.3 Å². The number of benzene rings is 2. The quantitative estimate of drug-likeness (QED) is 0.794. The molecule has 0 spiro atoms. The molecular formula is C20H17Cl2NO4. The predicted molar refractivity (Wildman–Crippen MR) is 101 cm³/mol. The number of carbonyl (C=O) groups is 1. The fourth-order valence-corrected chi connectivity index (χ4v) is 3.60. The number of halogens is 2. The number of quaternary nitrogens is 1. The van der Waals surface area contributed by atoms with Crippen LogP contribution in [0.2, 0.25) is 10.0 Å². The van der Waals surface area contributed by atoms with Crippen LogP contribution in [0.3, 0.4) is 0 Å². The number of nitrogens with one attached hydrogen (secondary N) is 1. The third kappa shape index (κ3) is 3.69. The molecule has 1 saturated heterocycles. The third-order valence-electron chi connectivity index (χ3n) is 4.77. The first kappa shape index (κ1) is 18.3. The van der Waals surface area contributed by atoms with Gasteiger partial charge in [0.2, 0.25) is 5.78 Å². The molecule has 1 fully saturated rings. The topological polar surface area (TPSA) is 63.0 Å². The summed E-state index contributed by atoms with van der Waals surface area (Å²) in [6, 6.07) is 8.05. The van der Waals surface area contributed by atoms with Crippen LogP contribution in [0.25, 0.3) is 6.08 Å². The maximum Gasteiger partial charge on any atom is 0.231 e. The van der Waals surface area contributed by atoms with Gasteiger partial charge in [0.1, 0.15) is 25.4 Å². The summed E-state index contributed by atoms with van der Waals surface area (Å²) in [6.07, 6.45) is 1.61. The minimum absolute atomic E-state index is 0.115. The van der Waals surface area contributed by atoms with Crippen molar-refractivity contribution in [2.24, 2.45) is 0 Å². The Hall–Kier alpha value is -2.05. The van der Waals surface area contributed by atoms with Crippen molar-refractivity contribution in [2.45, 2.75) is 6.54 Å². The monoisotopic (exact) mass is 405 g/mol. The van der Waals surface area contributed by atoms with E-state index < -0.39 is 0 Å². The molecule has 1 N–H and O–H groups in total. The Morgan fingerprint density at radius 3 is 2.63 bits per heavy atom. The molecule has 2 aliphatic rings. The fourth-order valence-electron chi connectivity index (χ4n) is 3.30. The van der Waals surface area contributed by atoms with E-state index in [1.165, 1.54) is 17.0 Å². The number of morpholine rings is 1. The van der Waals surface area contributed by atoms with Crippen molar-refractivity contribution in [3.8, 4) is 11.5 Å². The molecule has 2 aromatic carbocycles. The number of hydrogen-bond donors (Lipinski definition) is 1. The number of carbonyl (C=O) groups excluding carboxylic acids is 1. The highest BCUT2D eigenvalue weighted by molar-refractivity contribution is 6.42. The molecule has 27 heavy (non-hydrogen) atoms. The molecular weight excluding hydrogens is 389 g/mol. The molecule has 0 bridgehead atoms. The number of ketones is 1. The SMILES string of the molecule is O=C1C(=Cc2ccc(Cl)c(Cl)c2)Oc2c1ccc([O-])c2C[NH+]1CCOCC1. The van der Waals surface area contributed by atoms with E-state index in [4.69, 9.17) is 32.7 Å². The zero-order valence-electron chi connectivity index (χ0n) is 14.4. The molecule has 0 unspecified atom stereocenters. The number of rotatable bonds is 3. The fraction of sp³-hybridized carbons (Fsp3) is 0.250. The number of allylic oxidation sites excluding steroid dienone is 1. The van der Waals surface area contributed by atoms with Gasteiger partial charge in [-0.3, -0.25) is 4.79 Å². The molecule has 0 aromatic heterocycles. The van der Waals surface area contributed by atoms with Gasteiger partial charge in [-0.15, -0.1) is 0 Å². The average molecular weight is 406 g/mol. The Balaban J connectivity index is 1.65. The summed E-state index contributed by atoms with van der Waals surface area (Å²) in [5.41, 5.74) is 1.65. The number of fused-ring (bicyclic) bond motifs is 1. The van der Waals surface area contributed by atoms with E-state index in [0.717, 1.165) is 13.1 Å². The lowest BCUT2D eigenvalue weighted by atomic mass is 10.0. The van der Waals surface area contributed by atoms with Gasteiger partial charge in [-0.2, -0.15) is 0 Å². The molecule has 0 aliphatic carbocycles. The molecule has 2 aliphatic heterocycles. The minimum atomic E-state index is -0.241. The molecule has 0 saturated carbocycles. The van der Waals surface area contributed by atoms with Crippen molar-refractivity contribution < 1.29 is 24.3 Å². The maximum atomic E-state index is 12.7. The molecule has 4 rings (SSSR count). The molecule has 2 aromatic rings. The smallest absolute Gasteiger partial charge is 0.231 e. The predicted octanol–water partition coefficient (Wildman–Crippen LogP) is 2.10. The highest BCUT2D eigenvalue weighted by Crippen LogP contribution is 2.38. The second-order valence-electron chi connectivity index (χ2n) is 6.57. The van der Waals surface area contributed by atoms with Crippen molar-refractivity contribution in [3.05, 3.63) is 62.8 Å². The first-order valence-corrected chi connectivity index (χ1v) is 9.42. The van der Waals surface area contributed by atoms with Gasteiger partial charge < -0.3 is 19.5 Å². The third-order valence-corrected chi connectivity index (χ3v) is 5.51. The van der Waals surface area contributed by atoms with Crippen LogP contribution in [-0.4, -0.2) is 32.1 Å². The Morgan fingerprint density at radius 1 is 1.11 bits per heavy atom. The molecule has 5 nitrogen and oxygen atoms in total. The van der Waals surface area contributed by atoms with Gasteiger partial charge in [0.25, 0.3) is 0 Å². The maximum absolute atomic E-state index is 12.7. The zero-order valence-corrected chi connectivity index (χ0v) is 15.9. The molecule has 0 atom stereocenters. The number of ether oxygens (including phenoxy) is 2. The van der Waals surface area contributed by atoms with E-state index in [0.29, 0.717) is 52.2 Å². The van der Waals surface area contributed by atoms with Crippen molar-refractivity contribution in [3.63, 3.8) is 0 Å². The second-order valence-corrected chi connectivity index (χ2v) is 7.39. The van der Waals surface area contributed by atoms with Gasteiger partial charge >= 0.3 is 0 Å². The molecule has 2 heterocycles. The normalized spacial score (nSPS) is 18.6. The van der Waals surface area contributed by atoms with Crippen LogP contribution in [0.5, 0.6) is 11.5 Å². The Bertz CT molecular complexity index is 936. The van der Waals surface area contributed by atoms with Crippen LogP contribution in [0.15, 0.2) is 36.1 Å². The van der Waals surface area contributed by atoms with Gasteiger partial charge in [0, 0.05) is 5.56 Å². The first-order chi connectivity index (χ1) is 13.0. The van der Waals surface area contributed by atoms with E-state index in [2.05, 4.69) is 0 Å². The number of Topliss-reactive ketones (excluding diaryl/α,β-unsaturated/α-hetero) is 1. The van der Waals surface area contributed by atoms with Crippen LogP contribution >= 0.6 is 23.2 Å². The summed E-state index contributed by atoms with van der Waals surface area (Å²) in [7, 11) is 0. The first-order valence-electron chi connectivity index (χ1n) is 8.66. The lowest BCUT2D eigenvalue weighted by molar-refractivity contribution is -0.921. The van der Waals surface area contributed by atoms with Crippen LogP contribution < -0.4 is 14.7 Å². The van der Waals surface area contributed by atoms with Gasteiger partial charge in [-0.25, -0.2) is 0 Å². The van der Waals surface area contributed by atoms with Gasteiger partial charge in [-0.05, 0) is 29.8 Å². The van der Waals surface area contributed by atoms with E-state index >= 15 is 0 Å². The highest BCUT2D eigenvalue weighted by Gasteiger charge is 2.31. The summed E-state index contributed by atoms with van der Waals surface area (Å²) in [5, 5.41) is 13.3. The van der Waals surface area contributed by atoms with Crippen LogP contribution in [0.1, 0.15) is 21.5 Å². The standard InChI is InChI=1S/C20H17Cl2NO4/c21-15-3-1-12(9-16(15)22)10-18-19(25)13-2-4-17(24)14(20(13)27-18)11-23-5-7-26-8-6-23/h1-4,9-10,24H,5-8,11H2. The molecule has 0 amide bonds. The van der Waals surface area contributed by atoms with Gasteiger partial charge in [0.05, 0.1) is 28.8 Å². The summed E-state index contributed by atoms with van der Waals surface area (Å²) in [6.45, 7) is 3.49. The summed E-state index contributed by atoms with van der Waals surface area (Å²) in [4.78, 5) is 14.0. The lowest BCUT2D eigenvalue weighted by Gasteiger charge is -2.26. The van der Waals surface area contributed by atoms with Gasteiger partial charge in [-0.1, -0.05) is 41.1 Å².